The standard InChI is InChI=1S/C19H24ClNO4/c1-14(19(23)21-12-11-15-7-3-2-4-8-15)25-18(22)13-24-17-10-6-5-9-16(17)20/h5-7,9-10,14H,2-4,8,11-13H2,1H3,(H,21,23)/t14-/m1/s1. The summed E-state index contributed by atoms with van der Waals surface area (Å²) >= 11 is 5.94. The number of carbonyl (C=O) groups excluding carboxylic acids is 2. The first kappa shape index (κ1) is 19.3. The molecule has 0 saturated heterocycles. The fraction of sp³-hybridized carbons (Fsp3) is 0.474. The van der Waals surface area contributed by atoms with Gasteiger partial charge in [-0.2, -0.15) is 0 Å². The minimum atomic E-state index is -0.859. The third-order valence-corrected chi connectivity index (χ3v) is 4.30. The van der Waals surface area contributed by atoms with Crippen LogP contribution >= 0.6 is 11.6 Å². The largest absolute Gasteiger partial charge is 0.480 e. The van der Waals surface area contributed by atoms with E-state index in [9.17, 15) is 9.59 Å². The maximum Gasteiger partial charge on any atom is 0.344 e. The number of hydrogen-bond acceptors (Lipinski definition) is 4. The van der Waals surface area contributed by atoms with Crippen molar-refractivity contribution in [2.24, 2.45) is 0 Å². The fourth-order valence-corrected chi connectivity index (χ4v) is 2.80. The number of benzene rings is 1. The van der Waals surface area contributed by atoms with E-state index in [1.165, 1.54) is 18.4 Å². The molecule has 2 rings (SSSR count). The number of esters is 1. The molecule has 1 N–H and O–H groups in total. The van der Waals surface area contributed by atoms with Crippen molar-refractivity contribution in [2.75, 3.05) is 13.2 Å². The fourth-order valence-electron chi connectivity index (χ4n) is 2.60. The van der Waals surface area contributed by atoms with E-state index in [-0.39, 0.29) is 12.5 Å². The van der Waals surface area contributed by atoms with E-state index in [0.29, 0.717) is 17.3 Å². The number of amides is 1. The summed E-state index contributed by atoms with van der Waals surface area (Å²) < 4.78 is 10.4. The maximum atomic E-state index is 12.0. The number of rotatable bonds is 8. The molecule has 6 heteroatoms. The third-order valence-electron chi connectivity index (χ3n) is 3.99. The number of nitrogens with one attached hydrogen (secondary N) is 1. The lowest BCUT2D eigenvalue weighted by Gasteiger charge is -2.16. The zero-order valence-corrected chi connectivity index (χ0v) is 15.2. The van der Waals surface area contributed by atoms with Gasteiger partial charge in [-0.3, -0.25) is 4.79 Å². The molecule has 0 heterocycles. The van der Waals surface area contributed by atoms with Gasteiger partial charge in [0.05, 0.1) is 5.02 Å². The molecule has 1 aromatic rings. The molecule has 25 heavy (non-hydrogen) atoms. The second-order valence-corrected chi connectivity index (χ2v) is 6.41. The minimum absolute atomic E-state index is 0.297. The van der Waals surface area contributed by atoms with Crippen LogP contribution in [0.3, 0.4) is 0 Å². The van der Waals surface area contributed by atoms with Gasteiger partial charge in [0, 0.05) is 6.54 Å². The molecule has 0 bridgehead atoms. The summed E-state index contributed by atoms with van der Waals surface area (Å²) in [6.07, 6.45) is 6.95. The van der Waals surface area contributed by atoms with Gasteiger partial charge in [0.2, 0.25) is 0 Å². The summed E-state index contributed by atoms with van der Waals surface area (Å²) in [6.45, 7) is 1.81. The Labute approximate surface area is 153 Å². The van der Waals surface area contributed by atoms with Crippen molar-refractivity contribution in [3.8, 4) is 5.75 Å². The highest BCUT2D eigenvalue weighted by molar-refractivity contribution is 6.32. The maximum absolute atomic E-state index is 12.0. The van der Waals surface area contributed by atoms with Crippen molar-refractivity contribution >= 4 is 23.5 Å². The lowest BCUT2D eigenvalue weighted by Crippen LogP contribution is -2.37. The highest BCUT2D eigenvalue weighted by Gasteiger charge is 2.18. The molecule has 0 aliphatic heterocycles. The van der Waals surface area contributed by atoms with Gasteiger partial charge in [0.25, 0.3) is 5.91 Å². The summed E-state index contributed by atoms with van der Waals surface area (Å²) in [5.74, 6) is -0.515. The van der Waals surface area contributed by atoms with E-state index in [0.717, 1.165) is 19.3 Å². The van der Waals surface area contributed by atoms with Crippen LogP contribution in [-0.4, -0.2) is 31.1 Å². The summed E-state index contributed by atoms with van der Waals surface area (Å²) in [4.78, 5) is 23.8. The van der Waals surface area contributed by atoms with E-state index in [1.54, 1.807) is 31.2 Å². The predicted molar refractivity (Wildman–Crippen MR) is 96.7 cm³/mol. The Hall–Kier alpha value is -2.01. The lowest BCUT2D eigenvalue weighted by atomic mass is 9.97. The average molecular weight is 366 g/mol. The van der Waals surface area contributed by atoms with Crippen molar-refractivity contribution in [1.82, 2.24) is 5.32 Å². The summed E-state index contributed by atoms with van der Waals surface area (Å²) in [6, 6.07) is 6.85. The zero-order chi connectivity index (χ0) is 18.1. The number of carbonyl (C=O) groups is 2. The van der Waals surface area contributed by atoms with Gasteiger partial charge < -0.3 is 14.8 Å². The van der Waals surface area contributed by atoms with E-state index < -0.39 is 12.1 Å². The van der Waals surface area contributed by atoms with Crippen LogP contribution < -0.4 is 10.1 Å². The van der Waals surface area contributed by atoms with Gasteiger partial charge in [0.15, 0.2) is 12.7 Å². The summed E-state index contributed by atoms with van der Waals surface area (Å²) in [5.41, 5.74) is 1.39. The summed E-state index contributed by atoms with van der Waals surface area (Å²) in [7, 11) is 0. The zero-order valence-electron chi connectivity index (χ0n) is 14.4. The van der Waals surface area contributed by atoms with Crippen LogP contribution in [0.2, 0.25) is 5.02 Å². The van der Waals surface area contributed by atoms with Gasteiger partial charge in [-0.1, -0.05) is 35.4 Å². The predicted octanol–water partition coefficient (Wildman–Crippen LogP) is 3.66. The molecular weight excluding hydrogens is 342 g/mol. The van der Waals surface area contributed by atoms with E-state index >= 15 is 0 Å². The number of hydrogen-bond donors (Lipinski definition) is 1. The van der Waals surface area contributed by atoms with Crippen molar-refractivity contribution < 1.29 is 19.1 Å². The molecule has 0 saturated carbocycles. The topological polar surface area (TPSA) is 64.6 Å². The van der Waals surface area contributed by atoms with E-state index in [4.69, 9.17) is 21.1 Å². The molecule has 5 nitrogen and oxygen atoms in total. The molecule has 0 spiro atoms. The number of para-hydroxylation sites is 1. The highest BCUT2D eigenvalue weighted by Crippen LogP contribution is 2.23. The highest BCUT2D eigenvalue weighted by atomic mass is 35.5. The molecular formula is C19H24ClNO4. The van der Waals surface area contributed by atoms with Crippen LogP contribution in [0.1, 0.15) is 39.0 Å². The van der Waals surface area contributed by atoms with Crippen molar-refractivity contribution in [1.29, 1.82) is 0 Å². The first-order valence-electron chi connectivity index (χ1n) is 8.58. The van der Waals surface area contributed by atoms with E-state index in [1.807, 2.05) is 0 Å². The van der Waals surface area contributed by atoms with Crippen molar-refractivity contribution in [3.63, 3.8) is 0 Å². The van der Waals surface area contributed by atoms with Crippen LogP contribution in [-0.2, 0) is 14.3 Å². The second-order valence-electron chi connectivity index (χ2n) is 6.00. The normalized spacial score (nSPS) is 15.0. The average Bonchev–Trinajstić information content (AvgIpc) is 2.62. The Morgan fingerprint density at radius 3 is 2.80 bits per heavy atom. The Morgan fingerprint density at radius 1 is 1.28 bits per heavy atom. The van der Waals surface area contributed by atoms with Gasteiger partial charge in [-0.25, -0.2) is 4.79 Å². The monoisotopic (exact) mass is 365 g/mol. The van der Waals surface area contributed by atoms with Crippen molar-refractivity contribution in [2.45, 2.75) is 45.1 Å². The first-order valence-corrected chi connectivity index (χ1v) is 8.96. The first-order chi connectivity index (χ1) is 12.1. The smallest absolute Gasteiger partial charge is 0.344 e. The Balaban J connectivity index is 1.66. The van der Waals surface area contributed by atoms with Crippen LogP contribution in [0.4, 0.5) is 0 Å². The third kappa shape index (κ3) is 6.78. The second kappa shape index (κ2) is 10.1. The Kier molecular flexibility index (Phi) is 7.79. The van der Waals surface area contributed by atoms with Gasteiger partial charge in [-0.05, 0) is 51.2 Å². The molecule has 1 aromatic carbocycles. The lowest BCUT2D eigenvalue weighted by molar-refractivity contribution is -0.156. The van der Waals surface area contributed by atoms with Crippen LogP contribution in [0, 0.1) is 0 Å². The molecule has 1 amide bonds. The number of allylic oxidation sites excluding steroid dienone is 1. The molecule has 1 aliphatic rings. The van der Waals surface area contributed by atoms with Gasteiger partial charge >= 0.3 is 5.97 Å². The molecule has 136 valence electrons. The van der Waals surface area contributed by atoms with Crippen LogP contribution in [0.15, 0.2) is 35.9 Å². The molecule has 1 atom stereocenters. The molecule has 1 aliphatic carbocycles. The summed E-state index contributed by atoms with van der Waals surface area (Å²) in [5, 5.41) is 3.21. The Morgan fingerprint density at radius 2 is 2.08 bits per heavy atom. The van der Waals surface area contributed by atoms with Crippen LogP contribution in [0.25, 0.3) is 0 Å². The van der Waals surface area contributed by atoms with Gasteiger partial charge in [-0.15, -0.1) is 0 Å². The van der Waals surface area contributed by atoms with Crippen molar-refractivity contribution in [3.05, 3.63) is 40.9 Å². The molecule has 0 aromatic heterocycles. The number of ether oxygens (including phenoxy) is 2. The molecule has 0 unspecified atom stereocenters. The van der Waals surface area contributed by atoms with E-state index in [2.05, 4.69) is 11.4 Å². The quantitative estimate of drug-likeness (QED) is 0.564. The van der Waals surface area contributed by atoms with Gasteiger partial charge in [0.1, 0.15) is 5.75 Å². The SMILES string of the molecule is C[C@@H](OC(=O)COc1ccccc1Cl)C(=O)NCCC1=CCCCC1. The number of halogens is 1. The van der Waals surface area contributed by atoms with Crippen LogP contribution in [0.5, 0.6) is 5.75 Å². The Bertz CT molecular complexity index is 630. The molecule has 0 fully saturated rings. The molecule has 0 radical (unpaired) electrons. The minimum Gasteiger partial charge on any atom is -0.480 e.